The maximum absolute atomic E-state index is 13.1. The molecule has 198 valence electrons. The Labute approximate surface area is 240 Å². The number of thiophene rings is 1. The maximum atomic E-state index is 13.1. The number of hydrogen-bond acceptors (Lipinski definition) is 7. The summed E-state index contributed by atoms with van der Waals surface area (Å²) in [6.07, 6.45) is 3.29. The monoisotopic (exact) mass is 609 g/mol. The molecule has 0 atom stereocenters. The van der Waals surface area contributed by atoms with E-state index in [2.05, 4.69) is 20.2 Å². The maximum Gasteiger partial charge on any atom is 0.252 e. The summed E-state index contributed by atoms with van der Waals surface area (Å²) in [7, 11) is -3.58. The number of fused-ring (bicyclic) bond motifs is 1. The van der Waals surface area contributed by atoms with Gasteiger partial charge in [0, 0.05) is 34.6 Å². The molecule has 1 fully saturated rings. The number of aromatic amines is 1. The Hall–Kier alpha value is -2.57. The van der Waals surface area contributed by atoms with Gasteiger partial charge in [0.2, 0.25) is 0 Å². The SMILES string of the molecule is Cl.Cl.O=S(=O)(c1ccc(-c2ncnc3ccc(-c4cn[nH]c4-c4ccc(Cl)cc4)cc23)s1)N1CCOCC1. The van der Waals surface area contributed by atoms with Crippen LogP contribution >= 0.6 is 47.8 Å². The van der Waals surface area contributed by atoms with Gasteiger partial charge in [-0.25, -0.2) is 18.4 Å². The minimum Gasteiger partial charge on any atom is -0.379 e. The smallest absolute Gasteiger partial charge is 0.252 e. The van der Waals surface area contributed by atoms with Gasteiger partial charge in [-0.05, 0) is 42.0 Å². The highest BCUT2D eigenvalue weighted by molar-refractivity contribution is 7.91. The first-order chi connectivity index (χ1) is 17.5. The van der Waals surface area contributed by atoms with Gasteiger partial charge in [0.15, 0.2) is 0 Å². The number of benzene rings is 2. The third kappa shape index (κ3) is 5.30. The van der Waals surface area contributed by atoms with Crippen LogP contribution < -0.4 is 0 Å². The summed E-state index contributed by atoms with van der Waals surface area (Å²) in [4.78, 5) is 9.72. The Morgan fingerprint density at radius 2 is 1.68 bits per heavy atom. The van der Waals surface area contributed by atoms with Gasteiger partial charge in [0.1, 0.15) is 10.5 Å². The van der Waals surface area contributed by atoms with Crippen LogP contribution in [0.5, 0.6) is 0 Å². The fraction of sp³-hybridized carbons (Fsp3) is 0.160. The molecule has 0 radical (unpaired) electrons. The zero-order chi connectivity index (χ0) is 24.7. The third-order valence-corrected chi connectivity index (χ3v) is 9.81. The average Bonchev–Trinajstić information content (AvgIpc) is 3.60. The summed E-state index contributed by atoms with van der Waals surface area (Å²) in [5.74, 6) is 0. The predicted molar refractivity (Wildman–Crippen MR) is 155 cm³/mol. The first kappa shape index (κ1) is 28.4. The lowest BCUT2D eigenvalue weighted by atomic mass is 9.99. The molecule has 0 amide bonds. The zero-order valence-electron chi connectivity index (χ0n) is 19.7. The minimum atomic E-state index is -3.58. The Kier molecular flexibility index (Phi) is 8.73. The van der Waals surface area contributed by atoms with Crippen molar-refractivity contribution in [3.63, 3.8) is 0 Å². The molecule has 13 heteroatoms. The minimum absolute atomic E-state index is 0. The molecule has 8 nitrogen and oxygen atoms in total. The molecule has 0 unspecified atom stereocenters. The van der Waals surface area contributed by atoms with Crippen LogP contribution in [0.4, 0.5) is 0 Å². The van der Waals surface area contributed by atoms with Crippen LogP contribution in [-0.4, -0.2) is 59.2 Å². The van der Waals surface area contributed by atoms with Crippen molar-refractivity contribution >= 4 is 68.7 Å². The summed E-state index contributed by atoms with van der Waals surface area (Å²) in [6, 6.07) is 17.0. The van der Waals surface area contributed by atoms with Gasteiger partial charge < -0.3 is 4.74 Å². The van der Waals surface area contributed by atoms with Gasteiger partial charge in [-0.3, -0.25) is 5.10 Å². The van der Waals surface area contributed by atoms with Crippen LogP contribution in [0.1, 0.15) is 0 Å². The molecule has 0 aliphatic carbocycles. The van der Waals surface area contributed by atoms with Gasteiger partial charge in [-0.15, -0.1) is 36.2 Å². The molecule has 38 heavy (non-hydrogen) atoms. The molecular weight excluding hydrogens is 589 g/mol. The molecule has 1 saturated heterocycles. The lowest BCUT2D eigenvalue weighted by molar-refractivity contribution is 0.0731. The fourth-order valence-electron chi connectivity index (χ4n) is 4.26. The molecule has 0 spiro atoms. The third-order valence-electron chi connectivity index (χ3n) is 6.10. The number of nitrogens with zero attached hydrogens (tertiary/aromatic N) is 4. The van der Waals surface area contributed by atoms with Crippen LogP contribution in [0.25, 0.3) is 43.9 Å². The normalized spacial score (nSPS) is 14.1. The topological polar surface area (TPSA) is 101 Å². The summed E-state index contributed by atoms with van der Waals surface area (Å²) in [6.45, 7) is 1.53. The summed E-state index contributed by atoms with van der Waals surface area (Å²) in [5, 5.41) is 8.84. The van der Waals surface area contributed by atoms with Crippen molar-refractivity contribution in [1.82, 2.24) is 24.5 Å². The van der Waals surface area contributed by atoms with E-state index < -0.39 is 10.0 Å². The predicted octanol–water partition coefficient (Wildman–Crippen LogP) is 5.93. The largest absolute Gasteiger partial charge is 0.379 e. The number of H-pyrrole nitrogens is 1. The Balaban J connectivity index is 0.00000168. The lowest BCUT2D eigenvalue weighted by Gasteiger charge is -2.25. The number of nitrogens with one attached hydrogen (secondary N) is 1. The van der Waals surface area contributed by atoms with Gasteiger partial charge in [0.05, 0.1) is 41.2 Å². The van der Waals surface area contributed by atoms with Gasteiger partial charge in [-0.2, -0.15) is 9.40 Å². The van der Waals surface area contributed by atoms with E-state index in [0.29, 0.717) is 41.2 Å². The quantitative estimate of drug-likeness (QED) is 0.265. The number of rotatable bonds is 5. The van der Waals surface area contributed by atoms with Crippen molar-refractivity contribution in [3.8, 4) is 33.0 Å². The second kappa shape index (κ2) is 11.7. The fourth-order valence-corrected chi connectivity index (χ4v) is 7.27. The van der Waals surface area contributed by atoms with E-state index in [0.717, 1.165) is 38.2 Å². The molecule has 2 aromatic carbocycles. The molecule has 5 aromatic rings. The van der Waals surface area contributed by atoms with Crippen LogP contribution in [0.2, 0.25) is 5.02 Å². The van der Waals surface area contributed by atoms with Crippen LogP contribution in [0.15, 0.2) is 71.3 Å². The second-order valence-electron chi connectivity index (χ2n) is 8.25. The van der Waals surface area contributed by atoms with Crippen molar-refractivity contribution < 1.29 is 13.2 Å². The van der Waals surface area contributed by atoms with Crippen molar-refractivity contribution in [3.05, 3.63) is 72.1 Å². The van der Waals surface area contributed by atoms with E-state index in [-0.39, 0.29) is 24.8 Å². The molecule has 6 rings (SSSR count). The summed E-state index contributed by atoms with van der Waals surface area (Å²) >= 11 is 7.27. The molecule has 0 bridgehead atoms. The van der Waals surface area contributed by atoms with E-state index in [1.807, 2.05) is 48.5 Å². The lowest BCUT2D eigenvalue weighted by Crippen LogP contribution is -2.40. The van der Waals surface area contributed by atoms with E-state index in [9.17, 15) is 8.42 Å². The van der Waals surface area contributed by atoms with E-state index >= 15 is 0 Å². The number of hydrogen-bond donors (Lipinski definition) is 1. The van der Waals surface area contributed by atoms with Crippen molar-refractivity contribution in [2.75, 3.05) is 26.3 Å². The van der Waals surface area contributed by atoms with Gasteiger partial charge in [-0.1, -0.05) is 29.8 Å². The molecule has 0 saturated carbocycles. The Morgan fingerprint density at radius 1 is 0.947 bits per heavy atom. The van der Waals surface area contributed by atoms with Gasteiger partial charge in [0.25, 0.3) is 10.0 Å². The highest BCUT2D eigenvalue weighted by Gasteiger charge is 2.28. The van der Waals surface area contributed by atoms with Gasteiger partial charge >= 0.3 is 0 Å². The number of ether oxygens (including phenoxy) is 1. The van der Waals surface area contributed by atoms with Crippen LogP contribution in [0.3, 0.4) is 0 Å². The first-order valence-corrected chi connectivity index (χ1v) is 13.9. The van der Waals surface area contributed by atoms with E-state index in [4.69, 9.17) is 16.3 Å². The van der Waals surface area contributed by atoms with Crippen molar-refractivity contribution in [2.24, 2.45) is 0 Å². The zero-order valence-corrected chi connectivity index (χ0v) is 23.7. The standard InChI is InChI=1S/C25H20ClN5O3S2.2ClH/c26-18-4-1-16(2-5-18)24-20(14-29-30-24)17-3-6-21-19(13-17)25(28-15-27-21)22-7-8-23(35-22)36(32,33)31-9-11-34-12-10-31;;/h1-8,13-15H,9-12H2,(H,29,30);2*1H. The molecular formula is C25H22Cl3N5O3S2. The summed E-state index contributed by atoms with van der Waals surface area (Å²) < 4.78 is 33.3. The van der Waals surface area contributed by atoms with E-state index in [1.165, 1.54) is 22.0 Å². The number of halogens is 3. The molecule has 3 aromatic heterocycles. The molecule has 1 N–H and O–H groups in total. The average molecular weight is 611 g/mol. The summed E-state index contributed by atoms with van der Waals surface area (Å²) in [5.41, 5.74) is 5.16. The number of sulfonamides is 1. The Morgan fingerprint density at radius 3 is 2.45 bits per heavy atom. The van der Waals surface area contributed by atoms with Crippen LogP contribution in [-0.2, 0) is 14.8 Å². The van der Waals surface area contributed by atoms with E-state index in [1.54, 1.807) is 12.3 Å². The highest BCUT2D eigenvalue weighted by Crippen LogP contribution is 2.37. The highest BCUT2D eigenvalue weighted by atomic mass is 35.5. The number of morpholine rings is 1. The second-order valence-corrected chi connectivity index (χ2v) is 11.9. The molecule has 4 heterocycles. The van der Waals surface area contributed by atoms with Crippen LogP contribution in [0, 0.1) is 0 Å². The molecule has 1 aliphatic heterocycles. The molecule has 1 aliphatic rings. The van der Waals surface area contributed by atoms with Crippen molar-refractivity contribution in [1.29, 1.82) is 0 Å². The first-order valence-electron chi connectivity index (χ1n) is 11.2. The van der Waals surface area contributed by atoms with Crippen molar-refractivity contribution in [2.45, 2.75) is 4.21 Å². The number of aromatic nitrogens is 4. The Bertz CT molecular complexity index is 1670.